The minimum Gasteiger partial charge on any atom is -0.497 e. The second kappa shape index (κ2) is 6.30. The van der Waals surface area contributed by atoms with Crippen LogP contribution in [0.25, 0.3) is 0 Å². The van der Waals surface area contributed by atoms with Crippen LogP contribution in [-0.4, -0.2) is 20.8 Å². The molecule has 0 bridgehead atoms. The molecular weight excluding hydrogens is 190 g/mol. The van der Waals surface area contributed by atoms with Gasteiger partial charge in [-0.3, -0.25) is 0 Å². The Morgan fingerprint density at radius 2 is 2.00 bits per heavy atom. The van der Waals surface area contributed by atoms with Gasteiger partial charge in [0.15, 0.2) is 0 Å². The highest BCUT2D eigenvalue weighted by Gasteiger charge is 2.03. The zero-order chi connectivity index (χ0) is 11.1. The Kier molecular flexibility index (Phi) is 4.98. The SMILES string of the molecule is CCCNCc1cc(OC)ccc1OC. The Morgan fingerprint density at radius 3 is 2.60 bits per heavy atom. The number of nitrogens with one attached hydrogen (secondary N) is 1. The Labute approximate surface area is 91.4 Å². The number of rotatable bonds is 6. The monoisotopic (exact) mass is 209 g/mol. The van der Waals surface area contributed by atoms with Gasteiger partial charge in [0.25, 0.3) is 0 Å². The van der Waals surface area contributed by atoms with Gasteiger partial charge in [-0.15, -0.1) is 0 Å². The van der Waals surface area contributed by atoms with Crippen molar-refractivity contribution in [3.8, 4) is 11.5 Å². The molecule has 15 heavy (non-hydrogen) atoms. The molecule has 0 amide bonds. The summed E-state index contributed by atoms with van der Waals surface area (Å²) >= 11 is 0. The zero-order valence-corrected chi connectivity index (χ0v) is 9.67. The molecule has 3 heteroatoms. The fourth-order valence-electron chi connectivity index (χ4n) is 1.42. The van der Waals surface area contributed by atoms with Gasteiger partial charge in [0.05, 0.1) is 14.2 Å². The molecule has 0 radical (unpaired) electrons. The van der Waals surface area contributed by atoms with Crippen LogP contribution in [0.3, 0.4) is 0 Å². The van der Waals surface area contributed by atoms with Gasteiger partial charge in [0.2, 0.25) is 0 Å². The highest BCUT2D eigenvalue weighted by molar-refractivity contribution is 5.40. The minimum absolute atomic E-state index is 0.814. The van der Waals surface area contributed by atoms with Crippen LogP contribution in [0.15, 0.2) is 18.2 Å². The van der Waals surface area contributed by atoms with Crippen LogP contribution in [0.1, 0.15) is 18.9 Å². The summed E-state index contributed by atoms with van der Waals surface area (Å²) in [5.74, 6) is 1.77. The lowest BCUT2D eigenvalue weighted by molar-refractivity contribution is 0.397. The van der Waals surface area contributed by atoms with Crippen molar-refractivity contribution in [2.45, 2.75) is 19.9 Å². The van der Waals surface area contributed by atoms with Crippen molar-refractivity contribution >= 4 is 0 Å². The van der Waals surface area contributed by atoms with E-state index in [0.29, 0.717) is 0 Å². The maximum atomic E-state index is 5.28. The molecule has 0 saturated carbocycles. The van der Waals surface area contributed by atoms with Gasteiger partial charge in [-0.2, -0.15) is 0 Å². The Balaban J connectivity index is 2.72. The molecule has 0 aromatic heterocycles. The van der Waals surface area contributed by atoms with Crippen molar-refractivity contribution in [3.63, 3.8) is 0 Å². The first-order chi connectivity index (χ1) is 7.31. The minimum atomic E-state index is 0.814. The van der Waals surface area contributed by atoms with E-state index in [2.05, 4.69) is 12.2 Å². The molecule has 0 saturated heterocycles. The zero-order valence-electron chi connectivity index (χ0n) is 9.67. The van der Waals surface area contributed by atoms with E-state index >= 15 is 0 Å². The van der Waals surface area contributed by atoms with Crippen LogP contribution in [0.2, 0.25) is 0 Å². The lowest BCUT2D eigenvalue weighted by Crippen LogP contribution is -2.14. The third-order valence-corrected chi connectivity index (χ3v) is 2.23. The molecule has 0 fully saturated rings. The molecule has 84 valence electrons. The van der Waals surface area contributed by atoms with Gasteiger partial charge in [-0.05, 0) is 31.2 Å². The first-order valence-corrected chi connectivity index (χ1v) is 5.23. The third kappa shape index (κ3) is 3.44. The molecular formula is C12H19NO2. The van der Waals surface area contributed by atoms with E-state index in [-0.39, 0.29) is 0 Å². The largest absolute Gasteiger partial charge is 0.497 e. The number of methoxy groups -OCH3 is 2. The topological polar surface area (TPSA) is 30.5 Å². The van der Waals surface area contributed by atoms with Gasteiger partial charge < -0.3 is 14.8 Å². The third-order valence-electron chi connectivity index (χ3n) is 2.23. The highest BCUT2D eigenvalue weighted by atomic mass is 16.5. The van der Waals surface area contributed by atoms with E-state index in [9.17, 15) is 0 Å². The maximum absolute atomic E-state index is 5.28. The van der Waals surface area contributed by atoms with Crippen molar-refractivity contribution < 1.29 is 9.47 Å². The maximum Gasteiger partial charge on any atom is 0.123 e. The Hall–Kier alpha value is -1.22. The molecule has 0 atom stereocenters. The van der Waals surface area contributed by atoms with Gasteiger partial charge in [0, 0.05) is 12.1 Å². The average Bonchev–Trinajstić information content (AvgIpc) is 2.29. The first kappa shape index (κ1) is 11.9. The smallest absolute Gasteiger partial charge is 0.123 e. The number of benzene rings is 1. The molecule has 1 N–H and O–H groups in total. The van der Waals surface area contributed by atoms with E-state index in [0.717, 1.165) is 36.6 Å². The molecule has 0 aliphatic rings. The summed E-state index contributed by atoms with van der Waals surface area (Å²) in [4.78, 5) is 0. The summed E-state index contributed by atoms with van der Waals surface area (Å²) in [6.07, 6.45) is 1.13. The van der Waals surface area contributed by atoms with E-state index in [1.165, 1.54) is 0 Å². The first-order valence-electron chi connectivity index (χ1n) is 5.23. The van der Waals surface area contributed by atoms with Crippen molar-refractivity contribution in [1.29, 1.82) is 0 Å². The molecule has 0 unspecified atom stereocenters. The highest BCUT2D eigenvalue weighted by Crippen LogP contribution is 2.23. The van der Waals surface area contributed by atoms with Gasteiger partial charge >= 0.3 is 0 Å². The summed E-state index contributed by atoms with van der Waals surface area (Å²) in [7, 11) is 3.36. The van der Waals surface area contributed by atoms with E-state index in [1.807, 2.05) is 18.2 Å². The standard InChI is InChI=1S/C12H19NO2/c1-4-7-13-9-10-8-11(14-2)5-6-12(10)15-3/h5-6,8,13H,4,7,9H2,1-3H3. The van der Waals surface area contributed by atoms with Crippen LogP contribution in [0.5, 0.6) is 11.5 Å². The Bertz CT molecular complexity index is 300. The van der Waals surface area contributed by atoms with E-state index < -0.39 is 0 Å². The van der Waals surface area contributed by atoms with Crippen LogP contribution < -0.4 is 14.8 Å². The van der Waals surface area contributed by atoms with E-state index in [4.69, 9.17) is 9.47 Å². The molecule has 1 aromatic rings. The molecule has 0 aliphatic carbocycles. The summed E-state index contributed by atoms with van der Waals surface area (Å²) in [6, 6.07) is 5.84. The summed E-state index contributed by atoms with van der Waals surface area (Å²) in [6.45, 7) is 3.98. The molecule has 3 nitrogen and oxygen atoms in total. The van der Waals surface area contributed by atoms with Crippen molar-refractivity contribution in [1.82, 2.24) is 5.32 Å². The molecule has 1 aromatic carbocycles. The summed E-state index contributed by atoms with van der Waals surface area (Å²) in [5.41, 5.74) is 1.13. The lowest BCUT2D eigenvalue weighted by atomic mass is 10.2. The van der Waals surface area contributed by atoms with Gasteiger partial charge in [-0.1, -0.05) is 6.92 Å². The fourth-order valence-corrected chi connectivity index (χ4v) is 1.42. The normalized spacial score (nSPS) is 10.1. The lowest BCUT2D eigenvalue weighted by Gasteiger charge is -2.10. The van der Waals surface area contributed by atoms with Gasteiger partial charge in [-0.25, -0.2) is 0 Å². The van der Waals surface area contributed by atoms with Crippen LogP contribution in [0.4, 0.5) is 0 Å². The van der Waals surface area contributed by atoms with Crippen LogP contribution in [-0.2, 0) is 6.54 Å². The van der Waals surface area contributed by atoms with Gasteiger partial charge in [0.1, 0.15) is 11.5 Å². The quantitative estimate of drug-likeness (QED) is 0.729. The fraction of sp³-hybridized carbons (Fsp3) is 0.500. The van der Waals surface area contributed by atoms with E-state index in [1.54, 1.807) is 14.2 Å². The predicted molar refractivity (Wildman–Crippen MR) is 61.5 cm³/mol. The predicted octanol–water partition coefficient (Wildman–Crippen LogP) is 2.20. The summed E-state index contributed by atoms with van der Waals surface area (Å²) in [5, 5.41) is 3.34. The molecule has 0 spiro atoms. The van der Waals surface area contributed by atoms with Crippen molar-refractivity contribution in [3.05, 3.63) is 23.8 Å². The second-order valence-electron chi connectivity index (χ2n) is 3.35. The second-order valence-corrected chi connectivity index (χ2v) is 3.35. The number of hydrogen-bond donors (Lipinski definition) is 1. The molecule has 0 aliphatic heterocycles. The van der Waals surface area contributed by atoms with Crippen molar-refractivity contribution in [2.75, 3.05) is 20.8 Å². The Morgan fingerprint density at radius 1 is 1.20 bits per heavy atom. The molecule has 1 rings (SSSR count). The van der Waals surface area contributed by atoms with Crippen LogP contribution >= 0.6 is 0 Å². The average molecular weight is 209 g/mol. The summed E-state index contributed by atoms with van der Waals surface area (Å²) < 4.78 is 10.5. The van der Waals surface area contributed by atoms with Crippen LogP contribution in [0, 0.1) is 0 Å². The van der Waals surface area contributed by atoms with Crippen molar-refractivity contribution in [2.24, 2.45) is 0 Å². The number of ether oxygens (including phenoxy) is 2. The number of hydrogen-bond acceptors (Lipinski definition) is 3. The molecule has 0 heterocycles.